The Morgan fingerprint density at radius 3 is 2.57 bits per heavy atom. The lowest BCUT2D eigenvalue weighted by atomic mass is 10.2. The van der Waals surface area contributed by atoms with Crippen LogP contribution in [0.2, 0.25) is 0 Å². The Bertz CT molecular complexity index is 638. The molecule has 1 amide bonds. The van der Waals surface area contributed by atoms with Crippen LogP contribution < -0.4 is 11.1 Å². The first-order chi connectivity index (χ1) is 9.60. The summed E-state index contributed by atoms with van der Waals surface area (Å²) >= 11 is 0.977. The number of aromatic carboxylic acids is 1. The molecule has 118 valence electrons. The van der Waals surface area contributed by atoms with Crippen LogP contribution in [0.5, 0.6) is 0 Å². The Kier molecular flexibility index (Phi) is 5.81. The molecule has 4 N–H and O–H groups in total. The van der Waals surface area contributed by atoms with E-state index in [0.717, 1.165) is 17.6 Å². The van der Waals surface area contributed by atoms with Crippen molar-refractivity contribution in [1.29, 1.82) is 0 Å². The zero-order valence-electron chi connectivity index (χ0n) is 11.6. The molecule has 1 unspecified atom stereocenters. The van der Waals surface area contributed by atoms with Crippen LogP contribution in [-0.4, -0.2) is 48.4 Å². The second kappa shape index (κ2) is 6.96. The third kappa shape index (κ3) is 5.78. The Hall–Kier alpha value is -1.52. The first-order valence-electron chi connectivity index (χ1n) is 6.00. The van der Waals surface area contributed by atoms with Gasteiger partial charge in [-0.25, -0.2) is 18.2 Å². The number of carbonyl (C=O) groups excluding carboxylic acids is 1. The second-order valence-electron chi connectivity index (χ2n) is 4.57. The summed E-state index contributed by atoms with van der Waals surface area (Å²) in [6.45, 7) is 1.63. The normalized spacial score (nSPS) is 12.9. The van der Waals surface area contributed by atoms with Crippen LogP contribution in [0, 0.1) is 6.92 Å². The molecule has 0 fully saturated rings. The van der Waals surface area contributed by atoms with Gasteiger partial charge in [0.25, 0.3) is 0 Å². The van der Waals surface area contributed by atoms with Crippen LogP contribution in [0.15, 0.2) is 0 Å². The lowest BCUT2D eigenvalue weighted by Crippen LogP contribution is -2.41. The molecular formula is C11H17N3O5S2. The van der Waals surface area contributed by atoms with Crippen molar-refractivity contribution in [2.24, 2.45) is 5.73 Å². The van der Waals surface area contributed by atoms with Crippen LogP contribution in [0.3, 0.4) is 0 Å². The van der Waals surface area contributed by atoms with Gasteiger partial charge in [-0.05, 0) is 13.3 Å². The molecule has 8 nitrogen and oxygen atoms in total. The summed E-state index contributed by atoms with van der Waals surface area (Å²) in [5.74, 6) is -1.73. The summed E-state index contributed by atoms with van der Waals surface area (Å²) < 4.78 is 22.0. The second-order valence-corrected chi connectivity index (χ2v) is 7.91. The van der Waals surface area contributed by atoms with E-state index in [2.05, 4.69) is 10.3 Å². The summed E-state index contributed by atoms with van der Waals surface area (Å²) in [7, 11) is -3.17. The number of sulfone groups is 1. The van der Waals surface area contributed by atoms with E-state index in [-0.39, 0.29) is 23.6 Å². The van der Waals surface area contributed by atoms with Gasteiger partial charge in [0.05, 0.1) is 24.0 Å². The highest BCUT2D eigenvalue weighted by Crippen LogP contribution is 2.17. The number of thiazole rings is 1. The van der Waals surface area contributed by atoms with Crippen LogP contribution in [0.25, 0.3) is 0 Å². The van der Waals surface area contributed by atoms with Crippen LogP contribution in [-0.2, 0) is 21.2 Å². The van der Waals surface area contributed by atoms with Crippen molar-refractivity contribution in [2.45, 2.75) is 25.9 Å². The van der Waals surface area contributed by atoms with E-state index in [4.69, 9.17) is 10.8 Å². The molecule has 0 aliphatic heterocycles. The number of hydrogen-bond donors (Lipinski definition) is 3. The molecule has 0 aliphatic rings. The van der Waals surface area contributed by atoms with Crippen LogP contribution in [0.4, 0.5) is 0 Å². The van der Waals surface area contributed by atoms with Crippen LogP contribution >= 0.6 is 11.3 Å². The number of carbonyl (C=O) groups is 2. The molecule has 10 heteroatoms. The first-order valence-corrected chi connectivity index (χ1v) is 8.88. The van der Waals surface area contributed by atoms with Crippen molar-refractivity contribution < 1.29 is 23.1 Å². The molecule has 1 aromatic heterocycles. The molecule has 0 radical (unpaired) electrons. The fourth-order valence-corrected chi connectivity index (χ4v) is 3.02. The van der Waals surface area contributed by atoms with Crippen molar-refractivity contribution in [2.75, 3.05) is 12.0 Å². The fourth-order valence-electron chi connectivity index (χ4n) is 1.49. The highest BCUT2D eigenvalue weighted by Gasteiger charge is 2.18. The Morgan fingerprint density at radius 2 is 2.10 bits per heavy atom. The molecular weight excluding hydrogens is 318 g/mol. The van der Waals surface area contributed by atoms with Crippen molar-refractivity contribution in [3.05, 3.63) is 15.6 Å². The van der Waals surface area contributed by atoms with Gasteiger partial charge < -0.3 is 16.2 Å². The maximum absolute atomic E-state index is 11.7. The van der Waals surface area contributed by atoms with Gasteiger partial charge >= 0.3 is 5.97 Å². The third-order valence-corrected chi connectivity index (χ3v) is 4.71. The lowest BCUT2D eigenvalue weighted by molar-refractivity contribution is -0.122. The van der Waals surface area contributed by atoms with E-state index in [1.165, 1.54) is 0 Å². The van der Waals surface area contributed by atoms with E-state index in [0.29, 0.717) is 10.7 Å². The number of nitrogens with zero attached hydrogens (tertiary/aromatic N) is 1. The molecule has 1 atom stereocenters. The highest BCUT2D eigenvalue weighted by molar-refractivity contribution is 7.90. The van der Waals surface area contributed by atoms with Gasteiger partial charge in [0, 0.05) is 6.26 Å². The van der Waals surface area contributed by atoms with Crippen molar-refractivity contribution in [3.63, 3.8) is 0 Å². The number of aromatic nitrogens is 1. The van der Waals surface area contributed by atoms with Gasteiger partial charge in [-0.15, -0.1) is 11.3 Å². The van der Waals surface area contributed by atoms with Gasteiger partial charge in [0.2, 0.25) is 5.91 Å². The van der Waals surface area contributed by atoms with Gasteiger partial charge in [-0.1, -0.05) is 0 Å². The molecule has 1 aromatic rings. The van der Waals surface area contributed by atoms with Crippen LogP contribution in [0.1, 0.15) is 26.8 Å². The number of carboxylic acids is 1. The molecule has 0 spiro atoms. The average molecular weight is 335 g/mol. The Balaban J connectivity index is 2.53. The monoisotopic (exact) mass is 335 g/mol. The molecule has 1 rings (SSSR count). The number of nitrogens with one attached hydrogen (secondary N) is 1. The molecule has 0 saturated carbocycles. The zero-order chi connectivity index (χ0) is 16.2. The van der Waals surface area contributed by atoms with E-state index < -0.39 is 27.8 Å². The average Bonchev–Trinajstić information content (AvgIpc) is 2.73. The molecule has 1 heterocycles. The predicted molar refractivity (Wildman–Crippen MR) is 78.0 cm³/mol. The van der Waals surface area contributed by atoms with Crippen molar-refractivity contribution >= 4 is 33.1 Å². The smallest absolute Gasteiger partial charge is 0.347 e. The number of aryl methyl sites for hydroxylation is 1. The predicted octanol–water partition coefficient (Wildman–Crippen LogP) is -0.472. The highest BCUT2D eigenvalue weighted by atomic mass is 32.2. The first kappa shape index (κ1) is 17.5. The standard InChI is InChI=1S/C11H17N3O5S2/c1-6-9(11(16)17)20-8(14-6)5-13-10(15)7(12)3-4-21(2,18)19/h7H,3-5,12H2,1-2H3,(H,13,15)(H,16,17). The minimum absolute atomic E-state index is 0.0297. The fraction of sp³-hybridized carbons (Fsp3) is 0.545. The molecule has 0 saturated heterocycles. The van der Waals surface area contributed by atoms with Gasteiger partial charge in [0.15, 0.2) is 0 Å². The Morgan fingerprint density at radius 1 is 1.48 bits per heavy atom. The molecule has 21 heavy (non-hydrogen) atoms. The summed E-state index contributed by atoms with van der Waals surface area (Å²) in [6.07, 6.45) is 1.10. The molecule has 0 aromatic carbocycles. The summed E-state index contributed by atoms with van der Waals surface area (Å²) in [5.41, 5.74) is 5.97. The zero-order valence-corrected chi connectivity index (χ0v) is 13.3. The third-order valence-electron chi connectivity index (χ3n) is 2.59. The van der Waals surface area contributed by atoms with E-state index in [1.807, 2.05) is 0 Å². The SMILES string of the molecule is Cc1nc(CNC(=O)C(N)CCS(C)(=O)=O)sc1C(=O)O. The van der Waals surface area contributed by atoms with E-state index >= 15 is 0 Å². The van der Waals surface area contributed by atoms with Gasteiger partial charge in [-0.2, -0.15) is 0 Å². The lowest BCUT2D eigenvalue weighted by Gasteiger charge is -2.10. The largest absolute Gasteiger partial charge is 0.477 e. The van der Waals surface area contributed by atoms with E-state index in [1.54, 1.807) is 6.92 Å². The van der Waals surface area contributed by atoms with Crippen molar-refractivity contribution in [1.82, 2.24) is 10.3 Å². The minimum atomic E-state index is -3.17. The maximum Gasteiger partial charge on any atom is 0.347 e. The topological polar surface area (TPSA) is 139 Å². The quantitative estimate of drug-likeness (QED) is 0.612. The number of rotatable bonds is 7. The molecule has 0 aliphatic carbocycles. The molecule has 0 bridgehead atoms. The van der Waals surface area contributed by atoms with Gasteiger partial charge in [0.1, 0.15) is 19.7 Å². The maximum atomic E-state index is 11.7. The number of nitrogens with two attached hydrogens (primary N) is 1. The number of amides is 1. The minimum Gasteiger partial charge on any atom is -0.477 e. The summed E-state index contributed by atoms with van der Waals surface area (Å²) in [6, 6.07) is -0.931. The van der Waals surface area contributed by atoms with Gasteiger partial charge in [-0.3, -0.25) is 4.79 Å². The Labute approximate surface area is 126 Å². The van der Waals surface area contributed by atoms with E-state index in [9.17, 15) is 18.0 Å². The van der Waals surface area contributed by atoms with Crippen molar-refractivity contribution in [3.8, 4) is 0 Å². The summed E-state index contributed by atoms with van der Waals surface area (Å²) in [4.78, 5) is 26.7. The summed E-state index contributed by atoms with van der Waals surface area (Å²) in [5, 5.41) is 11.9. The number of carboxylic acid groups (broad SMARTS) is 1. The number of hydrogen-bond acceptors (Lipinski definition) is 7.